The average molecular weight is 339 g/mol. The Hall–Kier alpha value is -1.60. The summed E-state index contributed by atoms with van der Waals surface area (Å²) in [4.78, 5) is 14.4. The third kappa shape index (κ3) is 4.23. The summed E-state index contributed by atoms with van der Waals surface area (Å²) < 4.78 is 27.5. The zero-order valence-corrected chi connectivity index (χ0v) is 14.8. The first-order chi connectivity index (χ1) is 10.8. The molecular weight excluding hydrogens is 314 g/mol. The second-order valence-corrected chi connectivity index (χ2v) is 8.29. The number of carbonyl (C=O) groups excluding carboxylic acids is 1. The van der Waals surface area contributed by atoms with Gasteiger partial charge >= 0.3 is 10.2 Å². The molecule has 2 rings (SSSR count). The van der Waals surface area contributed by atoms with E-state index >= 15 is 0 Å². The van der Waals surface area contributed by atoms with Crippen LogP contribution in [0.2, 0.25) is 0 Å². The van der Waals surface area contributed by atoms with E-state index in [2.05, 4.69) is 6.92 Å². The van der Waals surface area contributed by atoms with E-state index in [-0.39, 0.29) is 12.5 Å². The molecule has 128 valence electrons. The van der Waals surface area contributed by atoms with Crippen molar-refractivity contribution >= 4 is 21.8 Å². The quantitative estimate of drug-likeness (QED) is 0.818. The summed E-state index contributed by atoms with van der Waals surface area (Å²) in [5.74, 6) is 0.314. The Kier molecular flexibility index (Phi) is 5.64. The molecule has 23 heavy (non-hydrogen) atoms. The van der Waals surface area contributed by atoms with Gasteiger partial charge in [-0.1, -0.05) is 25.1 Å². The van der Waals surface area contributed by atoms with Gasteiger partial charge in [-0.3, -0.25) is 4.79 Å². The lowest BCUT2D eigenvalue weighted by molar-refractivity contribution is -0.131. The van der Waals surface area contributed by atoms with Crippen molar-refractivity contribution in [2.24, 2.45) is 5.92 Å². The minimum Gasteiger partial charge on any atom is -0.341 e. The molecule has 7 heteroatoms. The molecular formula is C16H25N3O3S. The van der Waals surface area contributed by atoms with Crippen molar-refractivity contribution in [2.75, 3.05) is 38.0 Å². The molecule has 1 saturated heterocycles. The summed E-state index contributed by atoms with van der Waals surface area (Å²) in [5.41, 5.74) is 0.500. The normalized spacial score (nSPS) is 19.0. The van der Waals surface area contributed by atoms with Crippen LogP contribution in [0.5, 0.6) is 0 Å². The maximum Gasteiger partial charge on any atom is 0.304 e. The molecule has 1 aromatic carbocycles. The van der Waals surface area contributed by atoms with Crippen LogP contribution in [0.1, 0.15) is 19.8 Å². The van der Waals surface area contributed by atoms with Gasteiger partial charge in [-0.2, -0.15) is 12.7 Å². The number of piperidine rings is 1. The van der Waals surface area contributed by atoms with Crippen LogP contribution < -0.4 is 4.31 Å². The van der Waals surface area contributed by atoms with Crippen molar-refractivity contribution in [2.45, 2.75) is 19.8 Å². The molecule has 1 aliphatic rings. The second kappa shape index (κ2) is 7.31. The molecule has 1 amide bonds. The van der Waals surface area contributed by atoms with Gasteiger partial charge in [-0.25, -0.2) is 4.31 Å². The summed E-state index contributed by atoms with van der Waals surface area (Å²) in [6.07, 6.45) is 2.08. The lowest BCUT2D eigenvalue weighted by Gasteiger charge is -2.33. The van der Waals surface area contributed by atoms with Crippen LogP contribution in [0.25, 0.3) is 0 Å². The van der Waals surface area contributed by atoms with Crippen molar-refractivity contribution in [3.05, 3.63) is 30.3 Å². The molecule has 1 fully saturated rings. The van der Waals surface area contributed by atoms with Crippen molar-refractivity contribution < 1.29 is 13.2 Å². The van der Waals surface area contributed by atoms with Crippen LogP contribution in [-0.4, -0.2) is 57.3 Å². The van der Waals surface area contributed by atoms with E-state index in [9.17, 15) is 13.2 Å². The lowest BCUT2D eigenvalue weighted by Crippen LogP contribution is -2.49. The van der Waals surface area contributed by atoms with Gasteiger partial charge in [-0.15, -0.1) is 0 Å². The molecule has 0 N–H and O–H groups in total. The monoisotopic (exact) mass is 339 g/mol. The van der Waals surface area contributed by atoms with Crippen molar-refractivity contribution in [1.29, 1.82) is 0 Å². The van der Waals surface area contributed by atoms with Crippen molar-refractivity contribution in [1.82, 2.24) is 9.21 Å². The summed E-state index contributed by atoms with van der Waals surface area (Å²) >= 11 is 0. The number of benzene rings is 1. The average Bonchev–Trinajstić information content (AvgIpc) is 2.52. The number of carbonyl (C=O) groups is 1. The largest absolute Gasteiger partial charge is 0.341 e. The highest BCUT2D eigenvalue weighted by Gasteiger charge is 2.30. The number of para-hydroxylation sites is 1. The fraction of sp³-hybridized carbons (Fsp3) is 0.562. The van der Waals surface area contributed by atoms with Gasteiger partial charge in [-0.05, 0) is 30.9 Å². The summed E-state index contributed by atoms with van der Waals surface area (Å²) in [6, 6.07) is 8.75. The fourth-order valence-electron chi connectivity index (χ4n) is 2.74. The molecule has 1 aromatic rings. The predicted molar refractivity (Wildman–Crippen MR) is 91.4 cm³/mol. The van der Waals surface area contributed by atoms with Crippen LogP contribution in [0, 0.1) is 5.92 Å². The highest BCUT2D eigenvalue weighted by Crippen LogP contribution is 2.21. The van der Waals surface area contributed by atoms with Gasteiger partial charge in [0.05, 0.1) is 5.69 Å². The van der Waals surface area contributed by atoms with Gasteiger partial charge in [0.15, 0.2) is 0 Å². The maximum atomic E-state index is 12.6. The first-order valence-electron chi connectivity index (χ1n) is 7.85. The molecule has 6 nitrogen and oxygen atoms in total. The number of amides is 1. The van der Waals surface area contributed by atoms with E-state index in [1.807, 2.05) is 6.07 Å². The van der Waals surface area contributed by atoms with E-state index in [1.54, 1.807) is 29.2 Å². The number of likely N-dealkylation sites (tertiary alicyclic amines) is 1. The standard InChI is InChI=1S/C16H25N3O3S/c1-14-8-7-11-18(12-14)16(20)13-19(23(21,22)17(2)3)15-9-5-4-6-10-15/h4-6,9-10,14H,7-8,11-13H2,1-3H3/t14-/m1/s1. The highest BCUT2D eigenvalue weighted by molar-refractivity contribution is 7.90. The van der Waals surface area contributed by atoms with Gasteiger partial charge in [0.1, 0.15) is 6.54 Å². The smallest absolute Gasteiger partial charge is 0.304 e. The van der Waals surface area contributed by atoms with Crippen molar-refractivity contribution in [3.63, 3.8) is 0 Å². The van der Waals surface area contributed by atoms with Gasteiger partial charge in [0.25, 0.3) is 0 Å². The number of anilines is 1. The second-order valence-electron chi connectivity index (χ2n) is 6.22. The molecule has 0 radical (unpaired) electrons. The Morgan fingerprint density at radius 3 is 2.48 bits per heavy atom. The first kappa shape index (κ1) is 17.7. The Morgan fingerprint density at radius 1 is 1.26 bits per heavy atom. The van der Waals surface area contributed by atoms with E-state index in [1.165, 1.54) is 18.4 Å². The third-order valence-electron chi connectivity index (χ3n) is 4.07. The summed E-state index contributed by atoms with van der Waals surface area (Å²) in [7, 11) is -0.778. The van der Waals surface area contributed by atoms with Gasteiger partial charge in [0.2, 0.25) is 5.91 Å². The number of rotatable bonds is 5. The Balaban J connectivity index is 2.23. The van der Waals surface area contributed by atoms with Crippen LogP contribution in [0.3, 0.4) is 0 Å². The molecule has 0 spiro atoms. The van der Waals surface area contributed by atoms with E-state index in [0.29, 0.717) is 24.7 Å². The number of hydrogen-bond donors (Lipinski definition) is 0. The van der Waals surface area contributed by atoms with Crippen LogP contribution in [0.4, 0.5) is 5.69 Å². The van der Waals surface area contributed by atoms with Crippen LogP contribution in [0.15, 0.2) is 30.3 Å². The van der Waals surface area contributed by atoms with E-state index < -0.39 is 10.2 Å². The predicted octanol–water partition coefficient (Wildman–Crippen LogP) is 1.56. The van der Waals surface area contributed by atoms with Crippen LogP contribution >= 0.6 is 0 Å². The maximum absolute atomic E-state index is 12.6. The van der Waals surface area contributed by atoms with Crippen molar-refractivity contribution in [3.8, 4) is 0 Å². The Labute approximate surface area is 138 Å². The molecule has 0 unspecified atom stereocenters. The topological polar surface area (TPSA) is 60.9 Å². The van der Waals surface area contributed by atoms with E-state index in [4.69, 9.17) is 0 Å². The fourth-order valence-corrected chi connectivity index (χ4v) is 3.79. The van der Waals surface area contributed by atoms with Crippen LogP contribution in [-0.2, 0) is 15.0 Å². The number of hydrogen-bond acceptors (Lipinski definition) is 3. The zero-order chi connectivity index (χ0) is 17.0. The molecule has 0 bridgehead atoms. The molecule has 0 aromatic heterocycles. The molecule has 0 saturated carbocycles. The molecule has 1 aliphatic heterocycles. The lowest BCUT2D eigenvalue weighted by atomic mass is 10.0. The molecule has 1 atom stereocenters. The van der Waals surface area contributed by atoms with Gasteiger partial charge < -0.3 is 4.90 Å². The SMILES string of the molecule is C[C@@H]1CCCN(C(=O)CN(c2ccccc2)S(=O)(=O)N(C)C)C1. The minimum atomic E-state index is -3.72. The molecule has 1 heterocycles. The van der Waals surface area contributed by atoms with E-state index in [0.717, 1.165) is 17.1 Å². The Bertz CT molecular complexity index is 631. The Morgan fingerprint density at radius 2 is 1.91 bits per heavy atom. The summed E-state index contributed by atoms with van der Waals surface area (Å²) in [5, 5.41) is 0. The first-order valence-corrected chi connectivity index (χ1v) is 9.25. The third-order valence-corrected chi connectivity index (χ3v) is 5.89. The minimum absolute atomic E-state index is 0.147. The highest BCUT2D eigenvalue weighted by atomic mass is 32.2. The summed E-state index contributed by atoms with van der Waals surface area (Å²) in [6.45, 7) is 3.35. The van der Waals surface area contributed by atoms with Gasteiger partial charge in [0, 0.05) is 27.2 Å². The number of nitrogens with zero attached hydrogens (tertiary/aromatic N) is 3. The zero-order valence-electron chi connectivity index (χ0n) is 14.0. The molecule has 0 aliphatic carbocycles.